The topological polar surface area (TPSA) is 78.3 Å². The first-order chi connectivity index (χ1) is 17.0. The highest BCUT2D eigenvalue weighted by molar-refractivity contribution is 6.32. The molecule has 1 N–H and O–H groups in total. The number of halogens is 2. The third-order valence-corrected chi connectivity index (χ3v) is 5.49. The number of carbonyl (C=O) groups excluding carboxylic acids is 1. The van der Waals surface area contributed by atoms with Crippen molar-refractivity contribution in [2.45, 2.75) is 12.3 Å². The summed E-state index contributed by atoms with van der Waals surface area (Å²) in [6, 6.07) is 22.3. The van der Waals surface area contributed by atoms with Gasteiger partial charge in [0.25, 0.3) is 0 Å². The molecule has 1 aromatic heterocycles. The lowest BCUT2D eigenvalue weighted by Gasteiger charge is -2.12. The highest BCUT2D eigenvalue weighted by Gasteiger charge is 2.18. The number of nitrogens with one attached hydrogen (secondary N) is 1. The average Bonchev–Trinajstić information content (AvgIpc) is 3.31. The van der Waals surface area contributed by atoms with E-state index in [4.69, 9.17) is 21.1 Å². The maximum atomic E-state index is 13.9. The summed E-state index contributed by atoms with van der Waals surface area (Å²) in [4.78, 5) is 17.0. The maximum Gasteiger partial charge on any atom is 0.336 e. The maximum absolute atomic E-state index is 13.9. The van der Waals surface area contributed by atoms with Crippen LogP contribution in [0.2, 0.25) is 0 Å². The van der Waals surface area contributed by atoms with Gasteiger partial charge in [-0.2, -0.15) is 4.98 Å². The number of anilines is 1. The molecular weight excluding hydrogens is 471 g/mol. The standard InChI is InChI=1S/C26H24ClFN4O3/c1-2-34-15-16-35-26-30-24(19-9-6-10-20(28)17-19)32(31-26)22-13-11-21(12-14-22)29-25(33)23(27)18-7-4-3-5-8-18/h3-14,17,23H,2,15-16H2,1H3,(H,29,33). The predicted octanol–water partition coefficient (Wildman–Crippen LogP) is 5.41. The number of ether oxygens (including phenoxy) is 2. The van der Waals surface area contributed by atoms with E-state index < -0.39 is 5.38 Å². The van der Waals surface area contributed by atoms with Crippen molar-refractivity contribution in [2.24, 2.45) is 0 Å². The molecule has 3 aromatic carbocycles. The van der Waals surface area contributed by atoms with Gasteiger partial charge < -0.3 is 14.8 Å². The zero-order valence-corrected chi connectivity index (χ0v) is 19.8. The van der Waals surface area contributed by atoms with Gasteiger partial charge in [-0.1, -0.05) is 42.5 Å². The van der Waals surface area contributed by atoms with Crippen LogP contribution in [0.4, 0.5) is 10.1 Å². The third-order valence-electron chi connectivity index (χ3n) is 5.04. The van der Waals surface area contributed by atoms with E-state index in [9.17, 15) is 9.18 Å². The summed E-state index contributed by atoms with van der Waals surface area (Å²) in [6.07, 6.45) is 0. The van der Waals surface area contributed by atoms with Gasteiger partial charge in [0.05, 0.1) is 12.3 Å². The smallest absolute Gasteiger partial charge is 0.336 e. The molecule has 1 heterocycles. The van der Waals surface area contributed by atoms with Gasteiger partial charge in [0, 0.05) is 17.9 Å². The number of hydrogen-bond acceptors (Lipinski definition) is 5. The van der Waals surface area contributed by atoms with Crippen molar-refractivity contribution in [2.75, 3.05) is 25.1 Å². The number of nitrogens with zero attached hydrogens (tertiary/aromatic N) is 3. The molecule has 1 unspecified atom stereocenters. The van der Waals surface area contributed by atoms with Crippen LogP contribution in [0.1, 0.15) is 17.9 Å². The summed E-state index contributed by atoms with van der Waals surface area (Å²) < 4.78 is 26.3. The summed E-state index contributed by atoms with van der Waals surface area (Å²) in [6.45, 7) is 3.17. The van der Waals surface area contributed by atoms with Crippen LogP contribution in [0, 0.1) is 5.82 Å². The van der Waals surface area contributed by atoms with Gasteiger partial charge in [-0.3, -0.25) is 4.79 Å². The predicted molar refractivity (Wildman–Crippen MR) is 132 cm³/mol. The first kappa shape index (κ1) is 24.4. The highest BCUT2D eigenvalue weighted by Crippen LogP contribution is 2.26. The first-order valence-electron chi connectivity index (χ1n) is 11.1. The van der Waals surface area contributed by atoms with E-state index in [0.717, 1.165) is 0 Å². The Bertz CT molecular complexity index is 1270. The monoisotopic (exact) mass is 494 g/mol. The van der Waals surface area contributed by atoms with Gasteiger partial charge >= 0.3 is 6.01 Å². The fraction of sp³-hybridized carbons (Fsp3) is 0.192. The molecule has 7 nitrogen and oxygen atoms in total. The Labute approximate surface area is 207 Å². The minimum absolute atomic E-state index is 0.147. The van der Waals surface area contributed by atoms with Gasteiger partial charge in [0.15, 0.2) is 5.82 Å². The van der Waals surface area contributed by atoms with Crippen molar-refractivity contribution in [3.63, 3.8) is 0 Å². The molecule has 0 bridgehead atoms. The van der Waals surface area contributed by atoms with E-state index in [1.807, 2.05) is 25.1 Å². The summed E-state index contributed by atoms with van der Waals surface area (Å²) in [7, 11) is 0. The van der Waals surface area contributed by atoms with E-state index in [1.54, 1.807) is 53.2 Å². The average molecular weight is 495 g/mol. The van der Waals surface area contributed by atoms with Crippen LogP contribution in [0.3, 0.4) is 0 Å². The molecule has 4 rings (SSSR count). The SMILES string of the molecule is CCOCCOc1nc(-c2cccc(F)c2)n(-c2ccc(NC(=O)C(Cl)c3ccccc3)cc2)n1. The van der Waals surface area contributed by atoms with Crippen molar-refractivity contribution < 1.29 is 18.7 Å². The Balaban J connectivity index is 1.55. The first-order valence-corrected chi connectivity index (χ1v) is 11.5. The largest absolute Gasteiger partial charge is 0.460 e. The van der Waals surface area contributed by atoms with Crippen LogP contribution < -0.4 is 10.1 Å². The Hall–Kier alpha value is -3.75. The second-order valence-electron chi connectivity index (χ2n) is 7.49. The molecule has 0 saturated carbocycles. The number of hydrogen-bond donors (Lipinski definition) is 1. The van der Waals surface area contributed by atoms with Crippen LogP contribution in [0.15, 0.2) is 78.9 Å². The fourth-order valence-corrected chi connectivity index (χ4v) is 3.55. The molecule has 0 aliphatic rings. The molecule has 1 atom stereocenters. The zero-order chi connectivity index (χ0) is 24.6. The van der Waals surface area contributed by atoms with Crippen LogP contribution in [-0.2, 0) is 9.53 Å². The Morgan fingerprint density at radius 2 is 1.83 bits per heavy atom. The van der Waals surface area contributed by atoms with Crippen LogP contribution in [0.25, 0.3) is 17.1 Å². The lowest BCUT2D eigenvalue weighted by molar-refractivity contribution is -0.116. The van der Waals surface area contributed by atoms with Crippen molar-refractivity contribution >= 4 is 23.2 Å². The summed E-state index contributed by atoms with van der Waals surface area (Å²) in [5.41, 5.74) is 2.48. The second kappa shape index (κ2) is 11.6. The Morgan fingerprint density at radius 3 is 2.54 bits per heavy atom. The third kappa shape index (κ3) is 6.23. The van der Waals surface area contributed by atoms with Gasteiger partial charge in [-0.05, 0) is 48.9 Å². The molecule has 9 heteroatoms. The minimum Gasteiger partial charge on any atom is -0.460 e. The van der Waals surface area contributed by atoms with Crippen LogP contribution >= 0.6 is 11.6 Å². The van der Waals surface area contributed by atoms with E-state index in [0.29, 0.717) is 41.5 Å². The number of amides is 1. The summed E-state index contributed by atoms with van der Waals surface area (Å²) >= 11 is 6.31. The quantitative estimate of drug-likeness (QED) is 0.236. The number of carbonyl (C=O) groups is 1. The molecule has 0 radical (unpaired) electrons. The normalized spacial score (nSPS) is 11.7. The minimum atomic E-state index is -0.817. The van der Waals surface area contributed by atoms with Crippen molar-refractivity contribution in [1.82, 2.24) is 14.8 Å². The molecule has 35 heavy (non-hydrogen) atoms. The molecule has 0 aliphatic heterocycles. The Kier molecular flexibility index (Phi) is 8.07. The molecule has 0 spiro atoms. The van der Waals surface area contributed by atoms with E-state index >= 15 is 0 Å². The van der Waals surface area contributed by atoms with Gasteiger partial charge in [0.2, 0.25) is 5.91 Å². The summed E-state index contributed by atoms with van der Waals surface area (Å²) in [5, 5.41) is 6.44. The Morgan fingerprint density at radius 1 is 1.06 bits per heavy atom. The second-order valence-corrected chi connectivity index (χ2v) is 7.93. The van der Waals surface area contributed by atoms with E-state index in [1.165, 1.54) is 12.1 Å². The highest BCUT2D eigenvalue weighted by atomic mass is 35.5. The molecule has 1 amide bonds. The lowest BCUT2D eigenvalue weighted by Crippen LogP contribution is -2.17. The molecule has 0 aliphatic carbocycles. The number of aromatic nitrogens is 3. The lowest BCUT2D eigenvalue weighted by atomic mass is 10.1. The van der Waals surface area contributed by atoms with Gasteiger partial charge in [0.1, 0.15) is 17.8 Å². The molecule has 180 valence electrons. The van der Waals surface area contributed by atoms with E-state index in [2.05, 4.69) is 15.4 Å². The number of alkyl halides is 1. The van der Waals surface area contributed by atoms with Crippen molar-refractivity contribution in [3.05, 3.63) is 90.2 Å². The van der Waals surface area contributed by atoms with Crippen molar-refractivity contribution in [1.29, 1.82) is 0 Å². The molecule has 0 saturated heterocycles. The number of benzene rings is 3. The van der Waals surface area contributed by atoms with Crippen LogP contribution in [0.5, 0.6) is 6.01 Å². The van der Waals surface area contributed by atoms with Crippen molar-refractivity contribution in [3.8, 4) is 23.1 Å². The fourth-order valence-electron chi connectivity index (χ4n) is 3.35. The van der Waals surface area contributed by atoms with Gasteiger partial charge in [-0.15, -0.1) is 16.7 Å². The molecular formula is C26H24ClFN4O3. The summed E-state index contributed by atoms with van der Waals surface area (Å²) in [5.74, 6) is -0.308. The van der Waals surface area contributed by atoms with Crippen LogP contribution in [-0.4, -0.2) is 40.5 Å². The van der Waals surface area contributed by atoms with E-state index in [-0.39, 0.29) is 24.3 Å². The zero-order valence-electron chi connectivity index (χ0n) is 19.0. The number of rotatable bonds is 10. The van der Waals surface area contributed by atoms with Gasteiger partial charge in [-0.25, -0.2) is 9.07 Å². The molecule has 4 aromatic rings. The molecule has 0 fully saturated rings.